The Morgan fingerprint density at radius 2 is 1.72 bits per heavy atom. The van der Waals surface area contributed by atoms with Gasteiger partial charge in [0.25, 0.3) is 5.56 Å². The Morgan fingerprint density at radius 1 is 1.03 bits per heavy atom. The molecule has 1 aliphatic rings. The number of fused-ring (bicyclic) bond motifs is 1. The largest absolute Gasteiger partial charge is 0.458 e. The molecule has 0 amide bonds. The van der Waals surface area contributed by atoms with Crippen molar-refractivity contribution in [1.82, 2.24) is 9.97 Å². The molecule has 4 rings (SSSR count). The summed E-state index contributed by atoms with van der Waals surface area (Å²) in [6, 6.07) is 16.4. The van der Waals surface area contributed by atoms with Crippen molar-refractivity contribution >= 4 is 11.8 Å². The fraction of sp³-hybridized carbons (Fsp3) is 0.125. The van der Waals surface area contributed by atoms with Crippen molar-refractivity contribution < 1.29 is 14.3 Å². The van der Waals surface area contributed by atoms with Crippen LogP contribution >= 0.6 is 0 Å². The molecular formula is C24H21N3O5. The quantitative estimate of drug-likeness (QED) is 0.407. The predicted molar refractivity (Wildman–Crippen MR) is 120 cm³/mol. The Labute approximate surface area is 183 Å². The number of para-hydroxylation sites is 1. The van der Waals surface area contributed by atoms with E-state index in [0.29, 0.717) is 22.8 Å². The molecule has 2 aromatic carbocycles. The third-order valence-electron chi connectivity index (χ3n) is 5.02. The smallest absolute Gasteiger partial charge is 0.337 e. The number of rotatable bonds is 6. The number of carbonyl (C=O) groups excluding carboxylic acids is 1. The van der Waals surface area contributed by atoms with Crippen molar-refractivity contribution in [2.75, 3.05) is 11.9 Å². The van der Waals surface area contributed by atoms with Crippen LogP contribution in [0.1, 0.15) is 24.0 Å². The second-order valence-electron chi connectivity index (χ2n) is 7.16. The minimum absolute atomic E-state index is 0.0288. The lowest BCUT2D eigenvalue weighted by Gasteiger charge is -2.28. The van der Waals surface area contributed by atoms with Gasteiger partial charge in [0.1, 0.15) is 23.9 Å². The number of anilines is 1. The number of hydrogen-bond acceptors (Lipinski definition) is 6. The molecule has 0 radical (unpaired) electrons. The Balaban J connectivity index is 1.78. The molecule has 8 nitrogen and oxygen atoms in total. The van der Waals surface area contributed by atoms with E-state index >= 15 is 0 Å². The summed E-state index contributed by atoms with van der Waals surface area (Å²) in [4.78, 5) is 42.2. The van der Waals surface area contributed by atoms with Crippen molar-refractivity contribution in [3.63, 3.8) is 0 Å². The van der Waals surface area contributed by atoms with Gasteiger partial charge < -0.3 is 14.8 Å². The number of allylic oxidation sites excluding steroid dienone is 1. The van der Waals surface area contributed by atoms with Gasteiger partial charge in [-0.25, -0.2) is 9.59 Å². The van der Waals surface area contributed by atoms with E-state index in [1.165, 1.54) is 6.08 Å². The van der Waals surface area contributed by atoms with Crippen molar-refractivity contribution in [2.45, 2.75) is 12.8 Å². The average molecular weight is 431 g/mol. The number of H-pyrrole nitrogens is 2. The first-order valence-electron chi connectivity index (χ1n) is 9.93. The molecule has 0 aliphatic carbocycles. The molecule has 0 bridgehead atoms. The molecule has 3 aromatic rings. The Kier molecular flexibility index (Phi) is 5.76. The molecule has 3 N–H and O–H groups in total. The summed E-state index contributed by atoms with van der Waals surface area (Å²) >= 11 is 0. The molecule has 8 heteroatoms. The van der Waals surface area contributed by atoms with E-state index < -0.39 is 23.1 Å². The molecule has 0 spiro atoms. The Hall–Kier alpha value is -4.33. The number of nitrogens with one attached hydrogen (secondary N) is 3. The molecule has 1 aliphatic heterocycles. The van der Waals surface area contributed by atoms with Gasteiger partial charge in [-0.2, -0.15) is 0 Å². The fourth-order valence-electron chi connectivity index (χ4n) is 3.66. The van der Waals surface area contributed by atoms with Gasteiger partial charge in [0.05, 0.1) is 17.1 Å². The van der Waals surface area contributed by atoms with Crippen molar-refractivity contribution in [2.24, 2.45) is 0 Å². The summed E-state index contributed by atoms with van der Waals surface area (Å²) in [6.07, 6.45) is 1.47. The number of aromatic nitrogens is 2. The zero-order chi connectivity index (χ0) is 22.7. The fourth-order valence-corrected chi connectivity index (χ4v) is 3.66. The Bertz CT molecular complexity index is 1300. The lowest BCUT2D eigenvalue weighted by atomic mass is 9.82. The summed E-state index contributed by atoms with van der Waals surface area (Å²) < 4.78 is 11.1. The minimum Gasteiger partial charge on any atom is -0.458 e. The van der Waals surface area contributed by atoms with E-state index in [1.54, 1.807) is 31.2 Å². The van der Waals surface area contributed by atoms with Gasteiger partial charge in [0.2, 0.25) is 0 Å². The van der Waals surface area contributed by atoms with Crippen molar-refractivity contribution in [1.29, 1.82) is 0 Å². The lowest BCUT2D eigenvalue weighted by molar-refractivity contribution is -0.138. The van der Waals surface area contributed by atoms with E-state index in [0.717, 1.165) is 0 Å². The monoisotopic (exact) mass is 431 g/mol. The van der Waals surface area contributed by atoms with Gasteiger partial charge in [0, 0.05) is 5.70 Å². The van der Waals surface area contributed by atoms with Crippen LogP contribution in [-0.2, 0) is 9.53 Å². The first kappa shape index (κ1) is 20.9. The van der Waals surface area contributed by atoms with Crippen LogP contribution in [0.2, 0.25) is 0 Å². The molecular weight excluding hydrogens is 410 g/mol. The SMILES string of the molecule is C=CCOC(=O)C1=C(C)Nc2[nH]c(=O)[nH]c(=O)c2C1c1ccc(Oc2ccccc2)cc1. The van der Waals surface area contributed by atoms with Gasteiger partial charge in [-0.05, 0) is 36.8 Å². The lowest BCUT2D eigenvalue weighted by Crippen LogP contribution is -2.35. The Morgan fingerprint density at radius 3 is 2.41 bits per heavy atom. The molecule has 32 heavy (non-hydrogen) atoms. The van der Waals surface area contributed by atoms with E-state index in [4.69, 9.17) is 9.47 Å². The third-order valence-corrected chi connectivity index (χ3v) is 5.02. The second-order valence-corrected chi connectivity index (χ2v) is 7.16. The zero-order valence-corrected chi connectivity index (χ0v) is 17.3. The van der Waals surface area contributed by atoms with Gasteiger partial charge in [-0.3, -0.25) is 14.8 Å². The summed E-state index contributed by atoms with van der Waals surface area (Å²) in [5.74, 6) is 0.189. The van der Waals surface area contributed by atoms with Crippen LogP contribution in [0.5, 0.6) is 11.5 Å². The predicted octanol–water partition coefficient (Wildman–Crippen LogP) is 3.42. The third kappa shape index (κ3) is 4.11. The molecule has 0 saturated carbocycles. The summed E-state index contributed by atoms with van der Waals surface area (Å²) in [6.45, 7) is 5.28. The first-order chi connectivity index (χ1) is 15.5. The molecule has 0 saturated heterocycles. The van der Waals surface area contributed by atoms with Crippen LogP contribution in [0.25, 0.3) is 0 Å². The maximum atomic E-state index is 12.9. The zero-order valence-electron chi connectivity index (χ0n) is 17.3. The van der Waals surface area contributed by atoms with Crippen LogP contribution in [0.3, 0.4) is 0 Å². The number of aromatic amines is 2. The average Bonchev–Trinajstić information content (AvgIpc) is 2.77. The van der Waals surface area contributed by atoms with Crippen LogP contribution in [0, 0.1) is 0 Å². The van der Waals surface area contributed by atoms with Crippen LogP contribution < -0.4 is 21.3 Å². The second kappa shape index (κ2) is 8.81. The van der Waals surface area contributed by atoms with E-state index in [1.807, 2.05) is 30.3 Å². The highest BCUT2D eigenvalue weighted by atomic mass is 16.5. The molecule has 1 atom stereocenters. The summed E-state index contributed by atoms with van der Waals surface area (Å²) in [5, 5.41) is 2.95. The first-order valence-corrected chi connectivity index (χ1v) is 9.93. The maximum absolute atomic E-state index is 12.9. The highest BCUT2D eigenvalue weighted by Gasteiger charge is 2.36. The van der Waals surface area contributed by atoms with E-state index in [2.05, 4.69) is 21.9 Å². The number of esters is 1. The highest BCUT2D eigenvalue weighted by Crippen LogP contribution is 2.39. The van der Waals surface area contributed by atoms with Gasteiger partial charge in [0.15, 0.2) is 0 Å². The summed E-state index contributed by atoms with van der Waals surface area (Å²) in [7, 11) is 0. The molecule has 162 valence electrons. The maximum Gasteiger partial charge on any atom is 0.337 e. The normalized spacial score (nSPS) is 14.8. The van der Waals surface area contributed by atoms with Crippen LogP contribution in [0.4, 0.5) is 5.82 Å². The topological polar surface area (TPSA) is 113 Å². The van der Waals surface area contributed by atoms with Gasteiger partial charge in [-0.15, -0.1) is 0 Å². The standard InChI is InChI=1S/C24H21N3O5/c1-3-13-31-23(29)18-14(2)25-21-20(22(28)27-24(30)26-21)19(18)15-9-11-17(12-10-15)32-16-7-5-4-6-8-16/h3-12,19H,1,13H2,2H3,(H3,25,26,27,28,30). The van der Waals surface area contributed by atoms with Gasteiger partial charge in [-0.1, -0.05) is 43.0 Å². The number of ether oxygens (including phenoxy) is 2. The van der Waals surface area contributed by atoms with Crippen LogP contribution in [-0.4, -0.2) is 22.5 Å². The number of hydrogen-bond donors (Lipinski definition) is 3. The number of carbonyl (C=O) groups is 1. The molecule has 2 heterocycles. The molecule has 1 aromatic heterocycles. The van der Waals surface area contributed by atoms with Crippen molar-refractivity contribution in [3.8, 4) is 11.5 Å². The van der Waals surface area contributed by atoms with Gasteiger partial charge >= 0.3 is 11.7 Å². The van der Waals surface area contributed by atoms with Crippen molar-refractivity contribution in [3.05, 3.63) is 110 Å². The minimum atomic E-state index is -0.755. The molecule has 0 fully saturated rings. The highest BCUT2D eigenvalue weighted by molar-refractivity contribution is 5.94. The molecule has 1 unspecified atom stereocenters. The van der Waals surface area contributed by atoms with E-state index in [9.17, 15) is 14.4 Å². The summed E-state index contributed by atoms with van der Waals surface area (Å²) in [5.41, 5.74) is 0.397. The van der Waals surface area contributed by atoms with E-state index in [-0.39, 0.29) is 23.6 Å². The van der Waals surface area contributed by atoms with Crippen LogP contribution in [0.15, 0.2) is 88.1 Å². The number of benzene rings is 2.